The van der Waals surface area contributed by atoms with Gasteiger partial charge in [-0.25, -0.2) is 9.48 Å². The zero-order valence-electron chi connectivity index (χ0n) is 15.3. The van der Waals surface area contributed by atoms with Gasteiger partial charge in [0, 0.05) is 35.8 Å². The van der Waals surface area contributed by atoms with Crippen LogP contribution >= 0.6 is 0 Å². The summed E-state index contributed by atoms with van der Waals surface area (Å²) >= 11 is 0. The molecule has 0 atom stereocenters. The van der Waals surface area contributed by atoms with E-state index in [4.69, 9.17) is 4.42 Å². The minimum Gasteiger partial charge on any atom is -0.423 e. The molecule has 2 aromatic heterocycles. The summed E-state index contributed by atoms with van der Waals surface area (Å²) in [7, 11) is 0. The number of anilines is 1. The van der Waals surface area contributed by atoms with Gasteiger partial charge in [0.25, 0.3) is 0 Å². The summed E-state index contributed by atoms with van der Waals surface area (Å²) in [6, 6.07) is 17.2. The third-order valence-corrected chi connectivity index (χ3v) is 4.64. The van der Waals surface area contributed by atoms with Crippen LogP contribution in [0.5, 0.6) is 0 Å². The standard InChI is InChI=1S/C21H20N4O2/c1-3-24(4-2)16-10-11-17-19(13-21(26)27-20(17)12-16)25-14-18(22-23-25)15-8-6-5-7-9-15/h5-14H,3-4H2,1-2H3. The average molecular weight is 360 g/mol. The van der Waals surface area contributed by atoms with Gasteiger partial charge >= 0.3 is 5.63 Å². The molecule has 0 bridgehead atoms. The monoisotopic (exact) mass is 360 g/mol. The highest BCUT2D eigenvalue weighted by molar-refractivity contribution is 5.88. The largest absolute Gasteiger partial charge is 0.423 e. The molecular formula is C21H20N4O2. The minimum absolute atomic E-state index is 0.411. The van der Waals surface area contributed by atoms with Gasteiger partial charge in [0.1, 0.15) is 11.3 Å². The smallest absolute Gasteiger partial charge is 0.338 e. The zero-order chi connectivity index (χ0) is 18.8. The average Bonchev–Trinajstić information content (AvgIpc) is 3.19. The molecule has 136 valence electrons. The third-order valence-electron chi connectivity index (χ3n) is 4.64. The maximum atomic E-state index is 12.1. The van der Waals surface area contributed by atoms with Crippen molar-refractivity contribution in [1.82, 2.24) is 15.0 Å². The molecule has 0 fully saturated rings. The van der Waals surface area contributed by atoms with Crippen molar-refractivity contribution in [1.29, 1.82) is 0 Å². The van der Waals surface area contributed by atoms with Gasteiger partial charge in [-0.3, -0.25) is 0 Å². The summed E-state index contributed by atoms with van der Waals surface area (Å²) in [5.74, 6) is 0. The Balaban J connectivity index is 1.83. The zero-order valence-corrected chi connectivity index (χ0v) is 15.3. The van der Waals surface area contributed by atoms with Crippen molar-refractivity contribution < 1.29 is 4.42 Å². The van der Waals surface area contributed by atoms with Crippen LogP contribution in [0.2, 0.25) is 0 Å². The van der Waals surface area contributed by atoms with Gasteiger partial charge in [-0.1, -0.05) is 35.5 Å². The Hall–Kier alpha value is -3.41. The Labute approximate surface area is 156 Å². The molecule has 0 unspecified atom stereocenters. The van der Waals surface area contributed by atoms with Crippen molar-refractivity contribution >= 4 is 16.7 Å². The Bertz CT molecular complexity index is 1130. The van der Waals surface area contributed by atoms with E-state index < -0.39 is 5.63 Å². The summed E-state index contributed by atoms with van der Waals surface area (Å²) < 4.78 is 7.08. The predicted molar refractivity (Wildman–Crippen MR) is 106 cm³/mol. The fourth-order valence-electron chi connectivity index (χ4n) is 3.23. The van der Waals surface area contributed by atoms with Gasteiger partial charge < -0.3 is 9.32 Å². The first-order chi connectivity index (χ1) is 13.2. The number of benzene rings is 2. The molecule has 0 N–H and O–H groups in total. The third kappa shape index (κ3) is 3.21. The van der Waals surface area contributed by atoms with Gasteiger partial charge in [0.15, 0.2) is 0 Å². The fraction of sp³-hybridized carbons (Fsp3) is 0.190. The lowest BCUT2D eigenvalue weighted by Gasteiger charge is -2.21. The second kappa shape index (κ2) is 7.07. The van der Waals surface area contributed by atoms with Crippen molar-refractivity contribution in [2.45, 2.75) is 13.8 Å². The van der Waals surface area contributed by atoms with Crippen LogP contribution < -0.4 is 10.5 Å². The molecule has 2 aromatic carbocycles. The topological polar surface area (TPSA) is 64.2 Å². The fourth-order valence-corrected chi connectivity index (χ4v) is 3.23. The van der Waals surface area contributed by atoms with E-state index in [9.17, 15) is 4.79 Å². The molecule has 2 heterocycles. The van der Waals surface area contributed by atoms with Gasteiger partial charge in [0.2, 0.25) is 0 Å². The summed E-state index contributed by atoms with van der Waals surface area (Å²) in [6.07, 6.45) is 1.82. The summed E-state index contributed by atoms with van der Waals surface area (Å²) in [5, 5.41) is 9.28. The molecule has 0 aliphatic rings. The predicted octanol–water partition coefficient (Wildman–Crippen LogP) is 3.89. The number of hydrogen-bond acceptors (Lipinski definition) is 5. The normalized spacial score (nSPS) is 11.0. The van der Waals surface area contributed by atoms with Crippen molar-refractivity contribution in [3.63, 3.8) is 0 Å². The van der Waals surface area contributed by atoms with E-state index in [1.54, 1.807) is 4.68 Å². The number of fused-ring (bicyclic) bond motifs is 1. The highest BCUT2D eigenvalue weighted by Gasteiger charge is 2.12. The van der Waals surface area contributed by atoms with E-state index in [-0.39, 0.29) is 0 Å². The number of hydrogen-bond donors (Lipinski definition) is 0. The van der Waals surface area contributed by atoms with E-state index in [1.807, 2.05) is 54.7 Å². The van der Waals surface area contributed by atoms with Crippen LogP contribution in [0.15, 0.2) is 70.0 Å². The second-order valence-corrected chi connectivity index (χ2v) is 6.22. The van der Waals surface area contributed by atoms with Crippen molar-refractivity contribution in [2.24, 2.45) is 0 Å². The Morgan fingerprint density at radius 2 is 1.81 bits per heavy atom. The first-order valence-corrected chi connectivity index (χ1v) is 9.00. The molecule has 4 rings (SSSR count). The number of rotatable bonds is 5. The lowest BCUT2D eigenvalue weighted by atomic mass is 10.1. The molecule has 0 radical (unpaired) electrons. The van der Waals surface area contributed by atoms with Crippen LogP contribution in [-0.4, -0.2) is 28.1 Å². The second-order valence-electron chi connectivity index (χ2n) is 6.22. The van der Waals surface area contributed by atoms with E-state index >= 15 is 0 Å². The quantitative estimate of drug-likeness (QED) is 0.505. The molecule has 0 saturated carbocycles. The Morgan fingerprint density at radius 1 is 1.04 bits per heavy atom. The Morgan fingerprint density at radius 3 is 2.56 bits per heavy atom. The summed E-state index contributed by atoms with van der Waals surface area (Å²) in [4.78, 5) is 14.3. The highest BCUT2D eigenvalue weighted by Crippen LogP contribution is 2.26. The molecule has 0 aliphatic carbocycles. The van der Waals surface area contributed by atoms with Crippen LogP contribution in [-0.2, 0) is 0 Å². The SMILES string of the molecule is CCN(CC)c1ccc2c(-n3cc(-c4ccccc4)nn3)cc(=O)oc2c1. The molecule has 0 amide bonds. The van der Waals surface area contributed by atoms with Crippen molar-refractivity contribution in [2.75, 3.05) is 18.0 Å². The first-order valence-electron chi connectivity index (χ1n) is 9.00. The maximum absolute atomic E-state index is 12.1. The number of aromatic nitrogens is 3. The molecule has 6 heteroatoms. The Kier molecular flexibility index (Phi) is 4.46. The highest BCUT2D eigenvalue weighted by atomic mass is 16.4. The molecule has 4 aromatic rings. The lowest BCUT2D eigenvalue weighted by molar-refractivity contribution is 0.558. The first kappa shape index (κ1) is 17.0. The summed E-state index contributed by atoms with van der Waals surface area (Å²) in [6.45, 7) is 5.96. The van der Waals surface area contributed by atoms with Crippen LogP contribution in [0.25, 0.3) is 27.9 Å². The molecule has 0 spiro atoms. The molecule has 0 aliphatic heterocycles. The van der Waals surface area contributed by atoms with E-state index in [0.29, 0.717) is 11.3 Å². The summed E-state index contributed by atoms with van der Waals surface area (Å²) in [5.41, 5.74) is 3.53. The van der Waals surface area contributed by atoms with Gasteiger partial charge in [-0.15, -0.1) is 5.10 Å². The minimum atomic E-state index is -0.411. The molecule has 6 nitrogen and oxygen atoms in total. The van der Waals surface area contributed by atoms with Crippen LogP contribution in [0.4, 0.5) is 5.69 Å². The van der Waals surface area contributed by atoms with Crippen molar-refractivity contribution in [3.8, 4) is 16.9 Å². The van der Waals surface area contributed by atoms with Crippen LogP contribution in [0.1, 0.15) is 13.8 Å². The van der Waals surface area contributed by atoms with Crippen LogP contribution in [0, 0.1) is 0 Å². The number of nitrogens with zero attached hydrogens (tertiary/aromatic N) is 4. The van der Waals surface area contributed by atoms with E-state index in [1.165, 1.54) is 6.07 Å². The van der Waals surface area contributed by atoms with Crippen molar-refractivity contribution in [3.05, 3.63) is 71.2 Å². The van der Waals surface area contributed by atoms with Gasteiger partial charge in [-0.05, 0) is 26.0 Å². The molecule has 0 saturated heterocycles. The maximum Gasteiger partial charge on any atom is 0.338 e. The van der Waals surface area contributed by atoms with E-state index in [0.717, 1.165) is 35.4 Å². The lowest BCUT2D eigenvalue weighted by Crippen LogP contribution is -2.21. The van der Waals surface area contributed by atoms with Gasteiger partial charge in [0.05, 0.1) is 18.0 Å². The molecular weight excluding hydrogens is 340 g/mol. The van der Waals surface area contributed by atoms with E-state index in [2.05, 4.69) is 29.1 Å². The molecule has 27 heavy (non-hydrogen) atoms. The van der Waals surface area contributed by atoms with Gasteiger partial charge in [-0.2, -0.15) is 0 Å². The van der Waals surface area contributed by atoms with Crippen LogP contribution in [0.3, 0.4) is 0 Å².